The van der Waals surface area contributed by atoms with E-state index in [0.717, 1.165) is 6.42 Å². The summed E-state index contributed by atoms with van der Waals surface area (Å²) in [7, 11) is 1.65. The molecule has 1 unspecified atom stereocenters. The van der Waals surface area contributed by atoms with Crippen LogP contribution in [0.2, 0.25) is 0 Å². The fourth-order valence-corrected chi connectivity index (χ4v) is 0.697. The number of nitrogens with zero attached hydrogens (tertiary/aromatic N) is 1. The van der Waals surface area contributed by atoms with E-state index in [1.165, 1.54) is 6.20 Å². The van der Waals surface area contributed by atoms with Gasteiger partial charge in [-0.15, -0.1) is 0 Å². The van der Waals surface area contributed by atoms with Gasteiger partial charge in [-0.05, 0) is 13.3 Å². The number of rotatable bonds is 4. The lowest BCUT2D eigenvalue weighted by molar-refractivity contribution is -0.117. The fourth-order valence-electron chi connectivity index (χ4n) is 0.697. The van der Waals surface area contributed by atoms with Crippen LogP contribution in [0.3, 0.4) is 0 Å². The van der Waals surface area contributed by atoms with E-state index in [1.807, 2.05) is 19.9 Å². The van der Waals surface area contributed by atoms with E-state index in [1.54, 1.807) is 7.05 Å². The first-order valence-corrected chi connectivity index (χ1v) is 4.24. The lowest BCUT2D eigenvalue weighted by Crippen LogP contribution is -2.33. The smallest absolute Gasteiger partial charge is 0.263 e. The van der Waals surface area contributed by atoms with Crippen LogP contribution in [0.1, 0.15) is 20.3 Å². The van der Waals surface area contributed by atoms with Crippen LogP contribution in [-0.4, -0.2) is 19.0 Å². The van der Waals surface area contributed by atoms with Crippen molar-refractivity contribution in [2.24, 2.45) is 0 Å². The first-order valence-electron chi connectivity index (χ1n) is 4.24. The molecule has 0 bridgehead atoms. The molecule has 4 heteroatoms. The Hall–Kier alpha value is -1.50. The maximum atomic E-state index is 11.3. The van der Waals surface area contributed by atoms with Gasteiger partial charge in [-0.1, -0.05) is 6.92 Å². The van der Waals surface area contributed by atoms with Gasteiger partial charge in [-0.3, -0.25) is 4.79 Å². The zero-order chi connectivity index (χ0) is 10.3. The molecule has 0 heterocycles. The highest BCUT2D eigenvalue weighted by atomic mass is 16.1. The van der Waals surface area contributed by atoms with Gasteiger partial charge in [-0.2, -0.15) is 5.26 Å². The van der Waals surface area contributed by atoms with Gasteiger partial charge in [0.2, 0.25) is 0 Å². The first kappa shape index (κ1) is 11.5. The van der Waals surface area contributed by atoms with E-state index in [4.69, 9.17) is 5.26 Å². The first-order chi connectivity index (χ1) is 6.15. The van der Waals surface area contributed by atoms with Gasteiger partial charge in [-0.25, -0.2) is 0 Å². The van der Waals surface area contributed by atoms with E-state index in [-0.39, 0.29) is 17.5 Å². The van der Waals surface area contributed by atoms with Crippen molar-refractivity contribution >= 4 is 5.91 Å². The molecule has 0 aliphatic rings. The Morgan fingerprint density at radius 3 is 2.69 bits per heavy atom. The molecule has 0 rings (SSSR count). The van der Waals surface area contributed by atoms with Gasteiger partial charge in [0.1, 0.15) is 11.6 Å². The molecule has 13 heavy (non-hydrogen) atoms. The molecule has 0 saturated heterocycles. The third kappa shape index (κ3) is 4.16. The summed E-state index contributed by atoms with van der Waals surface area (Å²) in [5.74, 6) is -0.328. The molecule has 0 spiro atoms. The summed E-state index contributed by atoms with van der Waals surface area (Å²) in [6.07, 6.45) is 2.24. The number of hydrogen-bond donors (Lipinski definition) is 2. The number of nitrogens with one attached hydrogen (secondary N) is 2. The molecule has 0 fully saturated rings. The molecule has 1 amide bonds. The van der Waals surface area contributed by atoms with Gasteiger partial charge in [0.05, 0.1) is 0 Å². The Labute approximate surface area is 78.6 Å². The van der Waals surface area contributed by atoms with Crippen molar-refractivity contribution in [2.75, 3.05) is 7.05 Å². The molecule has 0 aromatic rings. The maximum Gasteiger partial charge on any atom is 0.263 e. The Balaban J connectivity index is 4.25. The highest BCUT2D eigenvalue weighted by Crippen LogP contribution is 1.94. The average Bonchev–Trinajstić information content (AvgIpc) is 2.13. The maximum absolute atomic E-state index is 11.3. The van der Waals surface area contributed by atoms with Crippen molar-refractivity contribution in [2.45, 2.75) is 26.3 Å². The predicted molar refractivity (Wildman–Crippen MR) is 50.7 cm³/mol. The minimum Gasteiger partial charge on any atom is -0.393 e. The summed E-state index contributed by atoms with van der Waals surface area (Å²) in [6.45, 7) is 3.87. The van der Waals surface area contributed by atoms with E-state index in [0.29, 0.717) is 0 Å². The third-order valence-electron chi connectivity index (χ3n) is 1.64. The lowest BCUT2D eigenvalue weighted by atomic mass is 10.2. The molecule has 2 N–H and O–H groups in total. The van der Waals surface area contributed by atoms with Crippen LogP contribution >= 0.6 is 0 Å². The lowest BCUT2D eigenvalue weighted by Gasteiger charge is -2.09. The molecule has 1 atom stereocenters. The molecule has 0 radical (unpaired) electrons. The highest BCUT2D eigenvalue weighted by molar-refractivity contribution is 5.97. The quantitative estimate of drug-likeness (QED) is 0.491. The highest BCUT2D eigenvalue weighted by Gasteiger charge is 2.10. The summed E-state index contributed by atoms with van der Waals surface area (Å²) in [5.41, 5.74) is 0.0998. The van der Waals surface area contributed by atoms with Crippen molar-refractivity contribution in [3.8, 4) is 6.07 Å². The average molecular weight is 181 g/mol. The monoisotopic (exact) mass is 181 g/mol. The van der Waals surface area contributed by atoms with E-state index < -0.39 is 0 Å². The molecule has 0 aliphatic carbocycles. The van der Waals surface area contributed by atoms with E-state index >= 15 is 0 Å². The van der Waals surface area contributed by atoms with Crippen molar-refractivity contribution in [1.82, 2.24) is 10.6 Å². The molecular formula is C9H15N3O. The van der Waals surface area contributed by atoms with Crippen LogP contribution in [0.25, 0.3) is 0 Å². The predicted octanol–water partition coefficient (Wildman–Crippen LogP) is 0.528. The molecule has 72 valence electrons. The Kier molecular flexibility index (Phi) is 5.37. The van der Waals surface area contributed by atoms with Crippen molar-refractivity contribution in [3.05, 3.63) is 11.8 Å². The number of carbonyl (C=O) groups is 1. The summed E-state index contributed by atoms with van der Waals surface area (Å²) in [4.78, 5) is 11.3. The summed E-state index contributed by atoms with van der Waals surface area (Å²) in [6, 6.07) is 1.92. The standard InChI is InChI=1S/C9H15N3O/c1-4-7(2)12-9(13)8(5-10)6-11-3/h6-7,11H,4H2,1-3H3,(H,12,13)/b8-6-. The normalized spacial score (nSPS) is 12.9. The third-order valence-corrected chi connectivity index (χ3v) is 1.64. The van der Waals surface area contributed by atoms with Crippen molar-refractivity contribution in [3.63, 3.8) is 0 Å². The second kappa shape index (κ2) is 6.06. The summed E-state index contributed by atoms with van der Waals surface area (Å²) < 4.78 is 0. The van der Waals surface area contributed by atoms with Gasteiger partial charge < -0.3 is 10.6 Å². The van der Waals surface area contributed by atoms with Crippen molar-refractivity contribution < 1.29 is 4.79 Å². The molecule has 4 nitrogen and oxygen atoms in total. The Bertz CT molecular complexity index is 240. The van der Waals surface area contributed by atoms with Gasteiger partial charge in [0.25, 0.3) is 5.91 Å². The minimum absolute atomic E-state index is 0.0982. The Morgan fingerprint density at radius 2 is 2.31 bits per heavy atom. The van der Waals surface area contributed by atoms with Gasteiger partial charge in [0, 0.05) is 19.3 Å². The number of carbonyl (C=O) groups excluding carboxylic acids is 1. The van der Waals surface area contributed by atoms with Gasteiger partial charge in [0.15, 0.2) is 0 Å². The number of hydrogen-bond acceptors (Lipinski definition) is 3. The SMILES string of the molecule is CCC(C)NC(=O)/C(C#N)=C\NC. The zero-order valence-corrected chi connectivity index (χ0v) is 8.22. The largest absolute Gasteiger partial charge is 0.393 e. The topological polar surface area (TPSA) is 64.9 Å². The van der Waals surface area contributed by atoms with Crippen molar-refractivity contribution in [1.29, 1.82) is 5.26 Å². The zero-order valence-electron chi connectivity index (χ0n) is 8.22. The van der Waals surface area contributed by atoms with Crippen LogP contribution in [0.15, 0.2) is 11.8 Å². The Morgan fingerprint density at radius 1 is 1.69 bits per heavy atom. The van der Waals surface area contributed by atoms with Crippen LogP contribution in [0.4, 0.5) is 0 Å². The molecule has 0 aromatic heterocycles. The molecule has 0 aliphatic heterocycles. The second-order valence-electron chi connectivity index (χ2n) is 2.74. The van der Waals surface area contributed by atoms with Crippen LogP contribution in [0.5, 0.6) is 0 Å². The van der Waals surface area contributed by atoms with E-state index in [9.17, 15) is 4.79 Å². The number of nitriles is 1. The number of amides is 1. The summed E-state index contributed by atoms with van der Waals surface area (Å²) >= 11 is 0. The molecular weight excluding hydrogens is 166 g/mol. The molecule has 0 aromatic carbocycles. The van der Waals surface area contributed by atoms with Crippen LogP contribution in [-0.2, 0) is 4.79 Å². The fraction of sp³-hybridized carbons (Fsp3) is 0.556. The summed E-state index contributed by atoms with van der Waals surface area (Å²) in [5, 5.41) is 13.9. The van der Waals surface area contributed by atoms with Crippen LogP contribution < -0.4 is 10.6 Å². The molecule has 0 saturated carbocycles. The van der Waals surface area contributed by atoms with Gasteiger partial charge >= 0.3 is 0 Å². The minimum atomic E-state index is -0.328. The van der Waals surface area contributed by atoms with E-state index in [2.05, 4.69) is 10.6 Å². The van der Waals surface area contributed by atoms with Crippen LogP contribution in [0, 0.1) is 11.3 Å². The second-order valence-corrected chi connectivity index (χ2v) is 2.74.